The van der Waals surface area contributed by atoms with Gasteiger partial charge >= 0.3 is 0 Å². The molecule has 1 fully saturated rings. The fraction of sp³-hybridized carbons (Fsp3) is 0.304. The summed E-state index contributed by atoms with van der Waals surface area (Å²) in [5, 5.41) is 11.5. The number of rotatable bonds is 5. The first-order chi connectivity index (χ1) is 14.9. The van der Waals surface area contributed by atoms with E-state index in [1.54, 1.807) is 41.0 Å². The van der Waals surface area contributed by atoms with Crippen molar-refractivity contribution in [2.24, 2.45) is 10.9 Å². The SMILES string of the molecule is COc1ccc2c(c1)c(O)c(C1=Nc3ccccc3S(=O)(=O)C1)c(=O)n2CCC1CC1. The number of fused-ring (bicyclic) bond motifs is 2. The molecule has 2 heterocycles. The quantitative estimate of drug-likeness (QED) is 0.658. The maximum Gasteiger partial charge on any atom is 0.263 e. The molecule has 5 rings (SSSR count). The van der Waals surface area contributed by atoms with Gasteiger partial charge in [-0.2, -0.15) is 0 Å². The van der Waals surface area contributed by atoms with Gasteiger partial charge in [0.1, 0.15) is 17.1 Å². The molecule has 0 bridgehead atoms. The fourth-order valence-electron chi connectivity index (χ4n) is 4.12. The Morgan fingerprint density at radius 1 is 1.19 bits per heavy atom. The summed E-state index contributed by atoms with van der Waals surface area (Å²) in [6.45, 7) is 0.496. The van der Waals surface area contributed by atoms with Crippen LogP contribution in [0.2, 0.25) is 0 Å². The van der Waals surface area contributed by atoms with Gasteiger partial charge in [0.15, 0.2) is 9.84 Å². The number of para-hydroxylation sites is 1. The molecule has 0 amide bonds. The van der Waals surface area contributed by atoms with E-state index in [9.17, 15) is 18.3 Å². The Kier molecular flexibility index (Phi) is 4.62. The monoisotopic (exact) mass is 438 g/mol. The minimum absolute atomic E-state index is 0.0605. The Hall–Kier alpha value is -3.13. The lowest BCUT2D eigenvalue weighted by Crippen LogP contribution is -2.31. The van der Waals surface area contributed by atoms with Gasteiger partial charge in [-0.05, 0) is 42.7 Å². The molecule has 3 aromatic rings. The highest BCUT2D eigenvalue weighted by molar-refractivity contribution is 7.92. The molecule has 1 saturated carbocycles. The van der Waals surface area contributed by atoms with Gasteiger partial charge < -0.3 is 14.4 Å². The number of pyridine rings is 1. The standard InChI is InChI=1S/C23H22N2O5S/c1-30-15-8-9-19-16(12-15)22(26)21(23(27)25(19)11-10-14-6-7-14)18-13-31(28,29)20-5-3-2-4-17(20)24-18/h2-5,8-9,12,14,26H,6-7,10-11,13H2,1H3. The van der Waals surface area contributed by atoms with Crippen molar-refractivity contribution in [3.05, 3.63) is 58.4 Å². The second kappa shape index (κ2) is 7.23. The lowest BCUT2D eigenvalue weighted by atomic mass is 10.1. The summed E-state index contributed by atoms with van der Waals surface area (Å²) in [7, 11) is -2.16. The van der Waals surface area contributed by atoms with Gasteiger partial charge in [-0.25, -0.2) is 8.42 Å². The summed E-state index contributed by atoms with van der Waals surface area (Å²) in [5.74, 6) is 0.432. The summed E-state index contributed by atoms with van der Waals surface area (Å²) in [6.07, 6.45) is 3.18. The first kappa shape index (κ1) is 19.8. The number of aromatic hydroxyl groups is 1. The predicted molar refractivity (Wildman–Crippen MR) is 118 cm³/mol. The average Bonchev–Trinajstić information content (AvgIpc) is 3.57. The Bertz CT molecular complexity index is 1400. The van der Waals surface area contributed by atoms with Crippen molar-refractivity contribution in [3.8, 4) is 11.5 Å². The number of nitrogens with zero attached hydrogens (tertiary/aromatic N) is 2. The van der Waals surface area contributed by atoms with Crippen LogP contribution in [0.15, 0.2) is 57.1 Å². The number of aromatic nitrogens is 1. The topological polar surface area (TPSA) is 98.0 Å². The number of hydrogen-bond donors (Lipinski definition) is 1. The third-order valence-electron chi connectivity index (χ3n) is 5.97. The highest BCUT2D eigenvalue weighted by Crippen LogP contribution is 2.36. The van der Waals surface area contributed by atoms with Crippen LogP contribution in [0.3, 0.4) is 0 Å². The van der Waals surface area contributed by atoms with E-state index >= 15 is 0 Å². The maximum absolute atomic E-state index is 13.5. The largest absolute Gasteiger partial charge is 0.506 e. The average molecular weight is 439 g/mol. The predicted octanol–water partition coefficient (Wildman–Crippen LogP) is 3.42. The van der Waals surface area contributed by atoms with E-state index < -0.39 is 21.1 Å². The van der Waals surface area contributed by atoms with Crippen molar-refractivity contribution >= 4 is 32.1 Å². The molecule has 0 atom stereocenters. The maximum atomic E-state index is 13.5. The molecule has 1 N–H and O–H groups in total. The molecule has 31 heavy (non-hydrogen) atoms. The smallest absolute Gasteiger partial charge is 0.263 e. The van der Waals surface area contributed by atoms with Crippen molar-refractivity contribution in [3.63, 3.8) is 0 Å². The molecule has 2 aliphatic rings. The number of aryl methyl sites for hydroxylation is 1. The number of benzene rings is 2. The highest BCUT2D eigenvalue weighted by Gasteiger charge is 2.31. The second-order valence-electron chi connectivity index (χ2n) is 8.08. The zero-order valence-corrected chi connectivity index (χ0v) is 17.9. The minimum atomic E-state index is -3.68. The van der Waals surface area contributed by atoms with Gasteiger partial charge in [0, 0.05) is 11.9 Å². The summed E-state index contributed by atoms with van der Waals surface area (Å²) < 4.78 is 32.6. The molecule has 1 aromatic heterocycles. The Labute approximate surface area is 179 Å². The van der Waals surface area contributed by atoms with Crippen molar-refractivity contribution in [2.75, 3.05) is 12.9 Å². The van der Waals surface area contributed by atoms with E-state index in [0.717, 1.165) is 19.3 Å². The molecule has 0 spiro atoms. The highest BCUT2D eigenvalue weighted by atomic mass is 32.2. The van der Waals surface area contributed by atoms with Crippen LogP contribution in [-0.2, 0) is 16.4 Å². The van der Waals surface area contributed by atoms with Crippen LogP contribution in [0.4, 0.5) is 5.69 Å². The Morgan fingerprint density at radius 2 is 1.97 bits per heavy atom. The number of sulfone groups is 1. The zero-order valence-electron chi connectivity index (χ0n) is 17.0. The van der Waals surface area contributed by atoms with Gasteiger partial charge in [-0.1, -0.05) is 25.0 Å². The number of methoxy groups -OCH3 is 1. The molecule has 0 unspecified atom stereocenters. The summed E-state index contributed by atoms with van der Waals surface area (Å²) in [6, 6.07) is 11.6. The van der Waals surface area contributed by atoms with Gasteiger partial charge in [-0.3, -0.25) is 9.79 Å². The third kappa shape index (κ3) is 3.40. The van der Waals surface area contributed by atoms with E-state index in [-0.39, 0.29) is 27.6 Å². The Morgan fingerprint density at radius 3 is 2.71 bits per heavy atom. The molecular weight excluding hydrogens is 416 g/mol. The second-order valence-corrected chi connectivity index (χ2v) is 10.0. The van der Waals surface area contributed by atoms with Gasteiger partial charge in [0.25, 0.3) is 5.56 Å². The molecular formula is C23H22N2O5S. The van der Waals surface area contributed by atoms with Crippen molar-refractivity contribution in [1.29, 1.82) is 0 Å². The van der Waals surface area contributed by atoms with Crippen LogP contribution in [0.5, 0.6) is 11.5 Å². The third-order valence-corrected chi connectivity index (χ3v) is 7.64. The number of ether oxygens (including phenoxy) is 1. The van der Waals surface area contributed by atoms with Crippen molar-refractivity contribution in [2.45, 2.75) is 30.7 Å². The number of hydrogen-bond acceptors (Lipinski definition) is 6. The van der Waals surface area contributed by atoms with E-state index in [4.69, 9.17) is 4.74 Å². The van der Waals surface area contributed by atoms with E-state index in [1.165, 1.54) is 13.2 Å². The first-order valence-electron chi connectivity index (χ1n) is 10.2. The molecule has 0 radical (unpaired) electrons. The molecule has 1 aliphatic heterocycles. The van der Waals surface area contributed by atoms with Gasteiger partial charge in [0.05, 0.1) is 34.7 Å². The molecule has 0 saturated heterocycles. The Balaban J connectivity index is 1.77. The summed E-state index contributed by atoms with van der Waals surface area (Å²) in [5.41, 5.74) is 0.440. The van der Waals surface area contributed by atoms with Crippen LogP contribution in [0.1, 0.15) is 24.8 Å². The van der Waals surface area contributed by atoms with Crippen LogP contribution >= 0.6 is 0 Å². The van der Waals surface area contributed by atoms with E-state index in [1.807, 2.05) is 0 Å². The molecule has 160 valence electrons. The van der Waals surface area contributed by atoms with Gasteiger partial charge in [0.2, 0.25) is 0 Å². The molecule has 2 aromatic carbocycles. The van der Waals surface area contributed by atoms with Crippen LogP contribution < -0.4 is 10.3 Å². The first-order valence-corrected chi connectivity index (χ1v) is 11.9. The van der Waals surface area contributed by atoms with Crippen LogP contribution in [0, 0.1) is 5.92 Å². The summed E-state index contributed by atoms with van der Waals surface area (Å²) >= 11 is 0. The van der Waals surface area contributed by atoms with Crippen LogP contribution in [-0.4, -0.2) is 36.7 Å². The molecule has 1 aliphatic carbocycles. The molecule has 7 nitrogen and oxygen atoms in total. The summed E-state index contributed by atoms with van der Waals surface area (Å²) in [4.78, 5) is 18.1. The molecule has 8 heteroatoms. The fourth-order valence-corrected chi connectivity index (χ4v) is 5.57. The normalized spacial score (nSPS) is 17.3. The van der Waals surface area contributed by atoms with E-state index in [2.05, 4.69) is 4.99 Å². The van der Waals surface area contributed by atoms with Crippen molar-refractivity contribution < 1.29 is 18.3 Å². The van der Waals surface area contributed by atoms with Crippen LogP contribution in [0.25, 0.3) is 10.9 Å². The van der Waals surface area contributed by atoms with Gasteiger partial charge in [-0.15, -0.1) is 0 Å². The number of aliphatic imine (C=N–C) groups is 1. The zero-order chi connectivity index (χ0) is 21.8. The van der Waals surface area contributed by atoms with E-state index in [0.29, 0.717) is 29.1 Å². The minimum Gasteiger partial charge on any atom is -0.506 e. The lowest BCUT2D eigenvalue weighted by Gasteiger charge is -2.19. The lowest BCUT2D eigenvalue weighted by molar-refractivity contribution is 0.415. The van der Waals surface area contributed by atoms with Crippen molar-refractivity contribution in [1.82, 2.24) is 4.57 Å².